The zero-order valence-corrected chi connectivity index (χ0v) is 12.6. The van der Waals surface area contributed by atoms with Crippen LogP contribution in [-0.4, -0.2) is 19.0 Å². The summed E-state index contributed by atoms with van der Waals surface area (Å²) in [5.74, 6) is -0.236. The van der Waals surface area contributed by atoms with E-state index in [2.05, 4.69) is 5.32 Å². The van der Waals surface area contributed by atoms with Gasteiger partial charge in [0.1, 0.15) is 0 Å². The van der Waals surface area contributed by atoms with Gasteiger partial charge in [-0.1, -0.05) is 0 Å². The van der Waals surface area contributed by atoms with Crippen LogP contribution in [0.15, 0.2) is 42.5 Å². The Kier molecular flexibility index (Phi) is 4.95. The van der Waals surface area contributed by atoms with E-state index < -0.39 is 5.97 Å². The van der Waals surface area contributed by atoms with Gasteiger partial charge < -0.3 is 14.8 Å². The summed E-state index contributed by atoms with van der Waals surface area (Å²) in [6, 6.07) is 12.8. The molecule has 0 aliphatic heterocycles. The number of ether oxygens (including phenoxy) is 2. The predicted octanol–water partition coefficient (Wildman–Crippen LogP) is 2.74. The Morgan fingerprint density at radius 3 is 2.35 bits per heavy atom. The van der Waals surface area contributed by atoms with Gasteiger partial charge in [0.05, 0.1) is 24.3 Å². The Labute approximate surface area is 133 Å². The molecule has 2 aromatic carbocycles. The minimum Gasteiger partial charge on any atom is -0.493 e. The van der Waals surface area contributed by atoms with E-state index in [0.29, 0.717) is 22.6 Å². The van der Waals surface area contributed by atoms with Crippen LogP contribution in [0.3, 0.4) is 0 Å². The van der Waals surface area contributed by atoms with E-state index in [1.54, 1.807) is 24.3 Å². The molecule has 116 valence electrons. The fraction of sp³-hybridized carbons (Fsp3) is 0.118. The molecule has 0 radical (unpaired) electrons. The number of carbonyl (C=O) groups excluding carboxylic acids is 2. The van der Waals surface area contributed by atoms with Gasteiger partial charge in [0.2, 0.25) is 5.91 Å². The first-order chi connectivity index (χ1) is 11.0. The first-order valence-corrected chi connectivity index (χ1v) is 6.71. The maximum absolute atomic E-state index is 12.1. The van der Waals surface area contributed by atoms with Crippen LogP contribution in [0.25, 0.3) is 0 Å². The summed E-state index contributed by atoms with van der Waals surface area (Å²) in [6.45, 7) is 1.40. The van der Waals surface area contributed by atoms with Gasteiger partial charge in [-0.25, -0.2) is 4.79 Å². The van der Waals surface area contributed by atoms with Gasteiger partial charge in [-0.15, -0.1) is 0 Å². The van der Waals surface area contributed by atoms with Crippen LogP contribution in [-0.2, 0) is 4.79 Å². The molecule has 2 rings (SSSR count). The summed E-state index contributed by atoms with van der Waals surface area (Å²) in [5.41, 5.74) is 1.32. The summed E-state index contributed by atoms with van der Waals surface area (Å²) >= 11 is 0. The fourth-order valence-electron chi connectivity index (χ4n) is 1.87. The molecule has 0 heterocycles. The molecule has 0 bridgehead atoms. The summed E-state index contributed by atoms with van der Waals surface area (Å²) < 4.78 is 10.4. The molecule has 23 heavy (non-hydrogen) atoms. The zero-order chi connectivity index (χ0) is 16.8. The van der Waals surface area contributed by atoms with E-state index in [0.717, 1.165) is 0 Å². The molecule has 0 unspecified atom stereocenters. The molecular weight excluding hydrogens is 296 g/mol. The number of hydrogen-bond donors (Lipinski definition) is 1. The highest BCUT2D eigenvalue weighted by atomic mass is 16.6. The number of rotatable bonds is 4. The van der Waals surface area contributed by atoms with Gasteiger partial charge in [0.15, 0.2) is 11.5 Å². The molecule has 0 saturated heterocycles. The van der Waals surface area contributed by atoms with E-state index in [1.807, 2.05) is 6.07 Å². The van der Waals surface area contributed by atoms with Gasteiger partial charge >= 0.3 is 5.97 Å². The SMILES string of the molecule is COc1cc(C#N)ccc1OC(=O)c1ccc(NC(C)=O)cc1. The third-order valence-electron chi connectivity index (χ3n) is 2.94. The highest BCUT2D eigenvalue weighted by Gasteiger charge is 2.13. The Hall–Kier alpha value is -3.33. The largest absolute Gasteiger partial charge is 0.493 e. The molecule has 0 spiro atoms. The molecule has 0 saturated carbocycles. The average molecular weight is 310 g/mol. The van der Waals surface area contributed by atoms with Gasteiger partial charge in [-0.2, -0.15) is 5.26 Å². The number of benzene rings is 2. The summed E-state index contributed by atoms with van der Waals surface area (Å²) in [4.78, 5) is 23.1. The van der Waals surface area contributed by atoms with Crippen LogP contribution in [0.5, 0.6) is 11.5 Å². The Balaban J connectivity index is 2.16. The van der Waals surface area contributed by atoms with E-state index in [4.69, 9.17) is 14.7 Å². The predicted molar refractivity (Wildman–Crippen MR) is 83.4 cm³/mol. The van der Waals surface area contributed by atoms with Crippen molar-refractivity contribution in [3.63, 3.8) is 0 Å². The van der Waals surface area contributed by atoms with Crippen molar-refractivity contribution in [2.45, 2.75) is 6.92 Å². The monoisotopic (exact) mass is 310 g/mol. The van der Waals surface area contributed by atoms with Gasteiger partial charge in [0, 0.05) is 18.7 Å². The van der Waals surface area contributed by atoms with Crippen molar-refractivity contribution in [1.82, 2.24) is 0 Å². The molecule has 0 aliphatic carbocycles. The van der Waals surface area contributed by atoms with Crippen LogP contribution in [0.1, 0.15) is 22.8 Å². The van der Waals surface area contributed by atoms with Crippen molar-refractivity contribution in [2.75, 3.05) is 12.4 Å². The van der Waals surface area contributed by atoms with Crippen molar-refractivity contribution < 1.29 is 19.1 Å². The third-order valence-corrected chi connectivity index (χ3v) is 2.94. The van der Waals surface area contributed by atoms with E-state index in [9.17, 15) is 9.59 Å². The standard InChI is InChI=1S/C17H14N2O4/c1-11(20)19-14-6-4-13(5-7-14)17(21)23-15-8-3-12(10-18)9-16(15)22-2/h3-9H,1-2H3,(H,19,20). The van der Waals surface area contributed by atoms with Crippen molar-refractivity contribution in [3.8, 4) is 17.6 Å². The molecule has 6 nitrogen and oxygen atoms in total. The lowest BCUT2D eigenvalue weighted by atomic mass is 10.2. The van der Waals surface area contributed by atoms with E-state index in [1.165, 1.54) is 32.2 Å². The number of esters is 1. The Morgan fingerprint density at radius 2 is 1.78 bits per heavy atom. The van der Waals surface area contributed by atoms with Crippen molar-refractivity contribution in [3.05, 3.63) is 53.6 Å². The molecule has 1 amide bonds. The smallest absolute Gasteiger partial charge is 0.343 e. The summed E-state index contributed by atoms with van der Waals surface area (Å²) in [5, 5.41) is 11.5. The molecule has 0 aromatic heterocycles. The van der Waals surface area contributed by atoms with Gasteiger partial charge in [-0.05, 0) is 36.4 Å². The normalized spacial score (nSPS) is 9.61. The third kappa shape index (κ3) is 4.08. The molecule has 2 aromatic rings. The first-order valence-electron chi connectivity index (χ1n) is 6.71. The van der Waals surface area contributed by atoms with Crippen molar-refractivity contribution >= 4 is 17.6 Å². The topological polar surface area (TPSA) is 88.4 Å². The molecule has 1 N–H and O–H groups in total. The summed E-state index contributed by atoms with van der Waals surface area (Å²) in [6.07, 6.45) is 0. The number of amides is 1. The van der Waals surface area contributed by atoms with Gasteiger partial charge in [0.25, 0.3) is 0 Å². The zero-order valence-electron chi connectivity index (χ0n) is 12.6. The fourth-order valence-corrected chi connectivity index (χ4v) is 1.87. The minimum atomic E-state index is -0.567. The second-order valence-electron chi connectivity index (χ2n) is 4.63. The van der Waals surface area contributed by atoms with Crippen LogP contribution in [0, 0.1) is 11.3 Å². The number of nitrogens with zero attached hydrogens (tertiary/aromatic N) is 1. The number of hydrogen-bond acceptors (Lipinski definition) is 5. The number of methoxy groups -OCH3 is 1. The quantitative estimate of drug-likeness (QED) is 0.693. The lowest BCUT2D eigenvalue weighted by Gasteiger charge is -2.09. The molecule has 6 heteroatoms. The minimum absolute atomic E-state index is 0.192. The number of anilines is 1. The van der Waals surface area contributed by atoms with Gasteiger partial charge in [-0.3, -0.25) is 4.79 Å². The van der Waals surface area contributed by atoms with E-state index in [-0.39, 0.29) is 11.7 Å². The lowest BCUT2D eigenvalue weighted by molar-refractivity contribution is -0.114. The average Bonchev–Trinajstić information content (AvgIpc) is 2.55. The summed E-state index contributed by atoms with van der Waals surface area (Å²) in [7, 11) is 1.43. The van der Waals surface area contributed by atoms with Crippen LogP contribution in [0.2, 0.25) is 0 Å². The van der Waals surface area contributed by atoms with Crippen molar-refractivity contribution in [2.24, 2.45) is 0 Å². The molecular formula is C17H14N2O4. The first kappa shape index (κ1) is 16.0. The molecule has 0 aliphatic rings. The molecule has 0 atom stereocenters. The van der Waals surface area contributed by atoms with Crippen molar-refractivity contribution in [1.29, 1.82) is 5.26 Å². The van der Waals surface area contributed by atoms with E-state index >= 15 is 0 Å². The van der Waals surface area contributed by atoms with Crippen LogP contribution >= 0.6 is 0 Å². The second-order valence-corrected chi connectivity index (χ2v) is 4.63. The lowest BCUT2D eigenvalue weighted by Crippen LogP contribution is -2.10. The second kappa shape index (κ2) is 7.09. The number of nitriles is 1. The maximum atomic E-state index is 12.1. The number of nitrogens with one attached hydrogen (secondary N) is 1. The molecule has 0 fully saturated rings. The maximum Gasteiger partial charge on any atom is 0.343 e. The highest BCUT2D eigenvalue weighted by molar-refractivity contribution is 5.93. The van der Waals surface area contributed by atoms with Crippen LogP contribution in [0.4, 0.5) is 5.69 Å². The Bertz CT molecular complexity index is 776. The highest BCUT2D eigenvalue weighted by Crippen LogP contribution is 2.28. The Morgan fingerprint density at radius 1 is 1.09 bits per heavy atom. The van der Waals surface area contributed by atoms with Crippen LogP contribution < -0.4 is 14.8 Å². The number of carbonyl (C=O) groups is 2.